The number of aromatic nitrogens is 1. The van der Waals surface area contributed by atoms with Crippen molar-refractivity contribution in [2.45, 2.75) is 27.3 Å². The third-order valence-electron chi connectivity index (χ3n) is 3.60. The second-order valence-corrected chi connectivity index (χ2v) is 7.84. The number of nitrogens with one attached hydrogen (secondary N) is 3. The smallest absolute Gasteiger partial charge is 0.251 e. The lowest BCUT2D eigenvalue weighted by atomic mass is 10.2. The second kappa shape index (κ2) is 12.3. The molecule has 1 aromatic carbocycles. The van der Waals surface area contributed by atoms with Crippen LogP contribution in [0.1, 0.15) is 32.9 Å². The van der Waals surface area contributed by atoms with Crippen molar-refractivity contribution in [3.8, 4) is 0 Å². The van der Waals surface area contributed by atoms with Gasteiger partial charge in [-0.2, -0.15) is 0 Å². The molecule has 6 nitrogen and oxygen atoms in total. The van der Waals surface area contributed by atoms with Crippen LogP contribution >= 0.6 is 51.2 Å². The number of amides is 1. The van der Waals surface area contributed by atoms with Crippen LogP contribution in [0.3, 0.4) is 0 Å². The zero-order valence-corrected chi connectivity index (χ0v) is 20.4. The van der Waals surface area contributed by atoms with Crippen LogP contribution in [0.15, 0.2) is 33.7 Å². The molecular weight excluding hydrogens is 541 g/mol. The van der Waals surface area contributed by atoms with Gasteiger partial charge in [-0.1, -0.05) is 15.9 Å². The molecule has 1 heterocycles. The van der Waals surface area contributed by atoms with Gasteiger partial charge in [0.1, 0.15) is 5.01 Å². The zero-order chi connectivity index (χ0) is 18.9. The number of guanidine groups is 1. The van der Waals surface area contributed by atoms with Gasteiger partial charge in [-0.05, 0) is 45.0 Å². The molecule has 1 amide bonds. The Morgan fingerprint density at radius 1 is 1.15 bits per heavy atom. The van der Waals surface area contributed by atoms with E-state index in [0.717, 1.165) is 27.7 Å². The molecule has 148 valence electrons. The van der Waals surface area contributed by atoms with E-state index in [1.807, 2.05) is 26.0 Å². The molecule has 3 N–H and O–H groups in total. The molecule has 0 atom stereocenters. The van der Waals surface area contributed by atoms with Crippen LogP contribution in [0.2, 0.25) is 0 Å². The fourth-order valence-corrected chi connectivity index (χ4v) is 3.28. The first-order valence-electron chi connectivity index (χ1n) is 8.48. The van der Waals surface area contributed by atoms with Crippen molar-refractivity contribution < 1.29 is 4.79 Å². The Balaban J connectivity index is 0.00000364. The van der Waals surface area contributed by atoms with Crippen molar-refractivity contribution in [1.82, 2.24) is 20.9 Å². The molecule has 0 unspecified atom stereocenters. The van der Waals surface area contributed by atoms with Crippen molar-refractivity contribution in [3.63, 3.8) is 0 Å². The number of thiazole rings is 1. The molecule has 0 aliphatic carbocycles. The molecule has 2 rings (SSSR count). The van der Waals surface area contributed by atoms with E-state index in [2.05, 4.69) is 48.8 Å². The molecule has 0 fully saturated rings. The number of benzene rings is 1. The predicted molar refractivity (Wildman–Crippen MR) is 126 cm³/mol. The Kier molecular flexibility index (Phi) is 10.9. The molecule has 0 bridgehead atoms. The van der Waals surface area contributed by atoms with Gasteiger partial charge in [0.2, 0.25) is 0 Å². The van der Waals surface area contributed by atoms with Gasteiger partial charge in [0.25, 0.3) is 5.91 Å². The van der Waals surface area contributed by atoms with E-state index >= 15 is 0 Å². The number of aliphatic imine (C=N–C) groups is 1. The topological polar surface area (TPSA) is 78.4 Å². The van der Waals surface area contributed by atoms with Crippen LogP contribution in [0.4, 0.5) is 0 Å². The Labute approximate surface area is 189 Å². The largest absolute Gasteiger partial charge is 0.357 e. The van der Waals surface area contributed by atoms with Gasteiger partial charge in [-0.3, -0.25) is 4.79 Å². The molecule has 0 aliphatic heterocycles. The maximum Gasteiger partial charge on any atom is 0.251 e. The first-order chi connectivity index (χ1) is 12.5. The maximum atomic E-state index is 12.1. The Hall–Kier alpha value is -1.20. The molecule has 0 saturated carbocycles. The fraction of sp³-hybridized carbons (Fsp3) is 0.389. The number of rotatable bonds is 7. The highest BCUT2D eigenvalue weighted by Gasteiger charge is 2.05. The summed E-state index contributed by atoms with van der Waals surface area (Å²) in [5, 5.41) is 10.3. The van der Waals surface area contributed by atoms with Gasteiger partial charge in [0, 0.05) is 34.5 Å². The van der Waals surface area contributed by atoms with Crippen molar-refractivity contribution >= 4 is 63.1 Å². The first-order valence-corrected chi connectivity index (χ1v) is 10.1. The van der Waals surface area contributed by atoms with Gasteiger partial charge in [-0.15, -0.1) is 35.3 Å². The van der Waals surface area contributed by atoms with E-state index in [9.17, 15) is 4.79 Å². The van der Waals surface area contributed by atoms with Gasteiger partial charge in [-0.25, -0.2) is 9.98 Å². The highest BCUT2D eigenvalue weighted by atomic mass is 127. The highest BCUT2D eigenvalue weighted by Crippen LogP contribution is 2.16. The minimum atomic E-state index is -0.0880. The maximum absolute atomic E-state index is 12.1. The number of aryl methyl sites for hydroxylation is 2. The average Bonchev–Trinajstić information content (AvgIpc) is 2.94. The third-order valence-corrected chi connectivity index (χ3v) is 5.19. The van der Waals surface area contributed by atoms with Crippen LogP contribution in [0, 0.1) is 13.8 Å². The summed E-state index contributed by atoms with van der Waals surface area (Å²) in [6, 6.07) is 7.28. The summed E-state index contributed by atoms with van der Waals surface area (Å²) >= 11 is 5.03. The summed E-state index contributed by atoms with van der Waals surface area (Å²) in [6.07, 6.45) is 0. The van der Waals surface area contributed by atoms with E-state index in [1.54, 1.807) is 23.5 Å². The van der Waals surface area contributed by atoms with Crippen LogP contribution in [-0.4, -0.2) is 36.5 Å². The molecule has 0 radical (unpaired) electrons. The number of carbonyl (C=O) groups excluding carboxylic acids is 1. The highest BCUT2D eigenvalue weighted by molar-refractivity contribution is 14.0. The standard InChI is InChI=1S/C18H24BrN5OS.HI/c1-4-20-18(23-11-16-24-12(2)13(3)26-16)22-10-9-21-17(25)14-5-7-15(19)8-6-14;/h5-8H,4,9-11H2,1-3H3,(H,21,25)(H2,20,22,23);1H. The lowest BCUT2D eigenvalue weighted by Gasteiger charge is -2.11. The Bertz CT molecular complexity index is 744. The molecule has 9 heteroatoms. The minimum absolute atomic E-state index is 0. The summed E-state index contributed by atoms with van der Waals surface area (Å²) in [4.78, 5) is 22.3. The molecule has 0 aliphatic rings. The first kappa shape index (κ1) is 23.8. The van der Waals surface area contributed by atoms with Gasteiger partial charge >= 0.3 is 0 Å². The van der Waals surface area contributed by atoms with Crippen molar-refractivity contribution in [2.75, 3.05) is 19.6 Å². The molecule has 2 aromatic rings. The second-order valence-electron chi connectivity index (χ2n) is 5.63. The molecule has 1 aromatic heterocycles. The SMILES string of the molecule is CCNC(=NCc1nc(C)c(C)s1)NCCNC(=O)c1ccc(Br)cc1.I. The molecule has 0 saturated heterocycles. The monoisotopic (exact) mass is 565 g/mol. The van der Waals surface area contributed by atoms with Gasteiger partial charge < -0.3 is 16.0 Å². The van der Waals surface area contributed by atoms with E-state index in [-0.39, 0.29) is 29.9 Å². The number of nitrogens with zero attached hydrogens (tertiary/aromatic N) is 2. The Morgan fingerprint density at radius 3 is 2.41 bits per heavy atom. The van der Waals surface area contributed by atoms with Gasteiger partial charge in [0.15, 0.2) is 5.96 Å². The van der Waals surface area contributed by atoms with E-state index in [0.29, 0.717) is 25.2 Å². The number of carbonyl (C=O) groups is 1. The van der Waals surface area contributed by atoms with E-state index in [1.165, 1.54) is 4.88 Å². The van der Waals surface area contributed by atoms with Crippen LogP contribution in [-0.2, 0) is 6.54 Å². The van der Waals surface area contributed by atoms with Crippen LogP contribution in [0.25, 0.3) is 0 Å². The summed E-state index contributed by atoms with van der Waals surface area (Å²) in [6.45, 7) is 8.50. The van der Waals surface area contributed by atoms with Crippen LogP contribution < -0.4 is 16.0 Å². The zero-order valence-electron chi connectivity index (χ0n) is 15.6. The molecule has 27 heavy (non-hydrogen) atoms. The van der Waals surface area contributed by atoms with Gasteiger partial charge in [0.05, 0.1) is 12.2 Å². The molecule has 0 spiro atoms. The average molecular weight is 566 g/mol. The normalized spacial score (nSPS) is 10.9. The van der Waals surface area contributed by atoms with Crippen molar-refractivity contribution in [3.05, 3.63) is 49.9 Å². The third kappa shape index (κ3) is 8.14. The lowest BCUT2D eigenvalue weighted by Crippen LogP contribution is -2.41. The number of hydrogen-bond acceptors (Lipinski definition) is 4. The Morgan fingerprint density at radius 2 is 1.81 bits per heavy atom. The summed E-state index contributed by atoms with van der Waals surface area (Å²) in [5.41, 5.74) is 1.71. The van der Waals surface area contributed by atoms with Crippen molar-refractivity contribution in [1.29, 1.82) is 0 Å². The molecular formula is C18H25BrIN5OS. The predicted octanol–water partition coefficient (Wildman–Crippen LogP) is 3.63. The fourth-order valence-electron chi connectivity index (χ4n) is 2.16. The van der Waals surface area contributed by atoms with E-state index < -0.39 is 0 Å². The number of hydrogen-bond donors (Lipinski definition) is 3. The lowest BCUT2D eigenvalue weighted by molar-refractivity contribution is 0.0954. The number of halogens is 2. The quantitative estimate of drug-likeness (QED) is 0.207. The summed E-state index contributed by atoms with van der Waals surface area (Å²) < 4.78 is 0.952. The summed E-state index contributed by atoms with van der Waals surface area (Å²) in [5.74, 6) is 0.630. The van der Waals surface area contributed by atoms with Crippen molar-refractivity contribution in [2.24, 2.45) is 4.99 Å². The minimum Gasteiger partial charge on any atom is -0.357 e. The summed E-state index contributed by atoms with van der Waals surface area (Å²) in [7, 11) is 0. The van der Waals surface area contributed by atoms with Crippen LogP contribution in [0.5, 0.6) is 0 Å². The van der Waals surface area contributed by atoms with E-state index in [4.69, 9.17) is 0 Å².